The van der Waals surface area contributed by atoms with Crippen LogP contribution in [0.5, 0.6) is 0 Å². The van der Waals surface area contributed by atoms with E-state index in [2.05, 4.69) is 54.6 Å². The van der Waals surface area contributed by atoms with Gasteiger partial charge in [-0.3, -0.25) is 4.79 Å². The highest BCUT2D eigenvalue weighted by Gasteiger charge is 2.33. The van der Waals surface area contributed by atoms with E-state index in [9.17, 15) is 4.79 Å². The fourth-order valence-corrected chi connectivity index (χ4v) is 3.84. The molecule has 3 aromatic rings. The highest BCUT2D eigenvalue weighted by molar-refractivity contribution is 6.13. The van der Waals surface area contributed by atoms with E-state index in [0.29, 0.717) is 0 Å². The SMILES string of the molecule is O=C1C=Cc2cccc3c2C1c1cccc2cccc-3c12. The minimum atomic E-state index is -0.139. The van der Waals surface area contributed by atoms with Crippen LogP contribution in [0.4, 0.5) is 0 Å². The highest BCUT2D eigenvalue weighted by atomic mass is 16.1. The number of hydrogen-bond acceptors (Lipinski definition) is 1. The normalized spacial score (nSPS) is 17.9. The third kappa shape index (κ3) is 1.28. The van der Waals surface area contributed by atoms with Crippen LogP contribution < -0.4 is 0 Å². The van der Waals surface area contributed by atoms with Gasteiger partial charge in [-0.25, -0.2) is 0 Å². The second kappa shape index (κ2) is 3.70. The first-order valence-electron chi connectivity index (χ1n) is 7.21. The molecule has 0 amide bonds. The standard InChI is InChI=1S/C20H12O/c21-17-11-10-13-6-2-8-15-14-7-1-4-12-5-3-9-16(18(12)14)20(17)19(13)15/h1-11,20H. The Hall–Kier alpha value is -2.67. The molecular weight excluding hydrogens is 256 g/mol. The Morgan fingerprint density at radius 3 is 2.43 bits per heavy atom. The second-order valence-corrected chi connectivity index (χ2v) is 5.73. The van der Waals surface area contributed by atoms with E-state index in [1.165, 1.54) is 33.0 Å². The molecule has 1 nitrogen and oxygen atoms in total. The Labute approximate surface area is 122 Å². The van der Waals surface area contributed by atoms with Crippen LogP contribution in [0.1, 0.15) is 22.6 Å². The highest BCUT2D eigenvalue weighted by Crippen LogP contribution is 2.48. The Kier molecular flexibility index (Phi) is 1.95. The topological polar surface area (TPSA) is 17.1 Å². The molecule has 5 rings (SSSR count). The van der Waals surface area contributed by atoms with Gasteiger partial charge in [0.25, 0.3) is 0 Å². The van der Waals surface area contributed by atoms with Crippen molar-refractivity contribution in [2.45, 2.75) is 5.92 Å². The number of ketones is 1. The first kappa shape index (κ1) is 11.0. The van der Waals surface area contributed by atoms with Gasteiger partial charge in [0, 0.05) is 0 Å². The third-order valence-corrected chi connectivity index (χ3v) is 4.68. The van der Waals surface area contributed by atoms with Crippen LogP contribution in [-0.4, -0.2) is 5.78 Å². The first-order chi connectivity index (χ1) is 10.3. The maximum absolute atomic E-state index is 12.5. The van der Waals surface area contributed by atoms with Crippen molar-refractivity contribution in [2.24, 2.45) is 0 Å². The molecule has 0 N–H and O–H groups in total. The summed E-state index contributed by atoms with van der Waals surface area (Å²) in [6, 6.07) is 19.0. The van der Waals surface area contributed by atoms with Crippen molar-refractivity contribution in [3.63, 3.8) is 0 Å². The minimum absolute atomic E-state index is 0.139. The molecular formula is C20H12O. The molecule has 98 valence electrons. The minimum Gasteiger partial charge on any atom is -0.294 e. The molecule has 1 atom stereocenters. The summed E-state index contributed by atoms with van der Waals surface area (Å²) in [6.07, 6.45) is 3.68. The van der Waals surface area contributed by atoms with Gasteiger partial charge < -0.3 is 0 Å². The molecule has 3 aromatic carbocycles. The first-order valence-corrected chi connectivity index (χ1v) is 7.21. The van der Waals surface area contributed by atoms with E-state index >= 15 is 0 Å². The molecule has 0 bridgehead atoms. The molecule has 0 aliphatic heterocycles. The fraction of sp³-hybridized carbons (Fsp3) is 0.0500. The number of fused-ring (bicyclic) bond motifs is 2. The molecule has 21 heavy (non-hydrogen) atoms. The Balaban J connectivity index is 2.05. The summed E-state index contributed by atoms with van der Waals surface area (Å²) in [4.78, 5) is 12.5. The molecule has 0 spiro atoms. The van der Waals surface area contributed by atoms with E-state index in [1.54, 1.807) is 6.08 Å². The van der Waals surface area contributed by atoms with Crippen molar-refractivity contribution < 1.29 is 4.79 Å². The predicted octanol–water partition coefficient (Wildman–Crippen LogP) is 4.55. The smallest absolute Gasteiger partial charge is 0.167 e. The lowest BCUT2D eigenvalue weighted by Gasteiger charge is -2.30. The zero-order valence-corrected chi connectivity index (χ0v) is 11.3. The van der Waals surface area contributed by atoms with Gasteiger partial charge in [-0.05, 0) is 44.7 Å². The molecule has 0 aromatic heterocycles. The molecule has 0 radical (unpaired) electrons. The van der Waals surface area contributed by atoms with E-state index in [0.717, 1.165) is 5.56 Å². The molecule has 0 saturated heterocycles. The lowest BCUT2D eigenvalue weighted by Crippen LogP contribution is -2.20. The number of rotatable bonds is 0. The number of carbonyl (C=O) groups excluding carboxylic acids is 1. The molecule has 0 saturated carbocycles. The summed E-state index contributed by atoms with van der Waals surface area (Å²) in [5.74, 6) is 0.0525. The van der Waals surface area contributed by atoms with E-state index < -0.39 is 0 Å². The maximum atomic E-state index is 12.5. The van der Waals surface area contributed by atoms with E-state index in [4.69, 9.17) is 0 Å². The van der Waals surface area contributed by atoms with Gasteiger partial charge in [-0.2, -0.15) is 0 Å². The zero-order valence-electron chi connectivity index (χ0n) is 11.3. The average molecular weight is 268 g/mol. The van der Waals surface area contributed by atoms with Gasteiger partial charge in [-0.1, -0.05) is 60.7 Å². The van der Waals surface area contributed by atoms with Gasteiger partial charge >= 0.3 is 0 Å². The largest absolute Gasteiger partial charge is 0.294 e. The number of carbonyl (C=O) groups is 1. The van der Waals surface area contributed by atoms with Crippen LogP contribution >= 0.6 is 0 Å². The number of allylic oxidation sites excluding steroid dienone is 1. The Morgan fingerprint density at radius 1 is 0.762 bits per heavy atom. The lowest BCUT2D eigenvalue weighted by atomic mass is 9.71. The van der Waals surface area contributed by atoms with Crippen LogP contribution in [-0.2, 0) is 4.79 Å². The van der Waals surface area contributed by atoms with Crippen molar-refractivity contribution in [1.82, 2.24) is 0 Å². The number of benzene rings is 3. The molecule has 0 fully saturated rings. The lowest BCUT2D eigenvalue weighted by molar-refractivity contribution is -0.115. The molecule has 2 aliphatic carbocycles. The Bertz CT molecular complexity index is 957. The van der Waals surface area contributed by atoms with Gasteiger partial charge in [0.1, 0.15) is 0 Å². The average Bonchev–Trinajstić information content (AvgIpc) is 2.53. The zero-order chi connectivity index (χ0) is 14.0. The third-order valence-electron chi connectivity index (χ3n) is 4.68. The predicted molar refractivity (Wildman–Crippen MR) is 85.3 cm³/mol. The fourth-order valence-electron chi connectivity index (χ4n) is 3.84. The van der Waals surface area contributed by atoms with Crippen molar-refractivity contribution in [3.8, 4) is 11.1 Å². The van der Waals surface area contributed by atoms with Crippen molar-refractivity contribution in [1.29, 1.82) is 0 Å². The van der Waals surface area contributed by atoms with Crippen molar-refractivity contribution in [2.75, 3.05) is 0 Å². The van der Waals surface area contributed by atoms with Crippen molar-refractivity contribution >= 4 is 22.6 Å². The quantitative estimate of drug-likeness (QED) is 0.584. The summed E-state index contributed by atoms with van der Waals surface area (Å²) < 4.78 is 0. The van der Waals surface area contributed by atoms with Crippen LogP contribution in [0.25, 0.3) is 28.0 Å². The molecule has 1 unspecified atom stereocenters. The van der Waals surface area contributed by atoms with Crippen LogP contribution in [0.3, 0.4) is 0 Å². The number of hydrogen-bond donors (Lipinski definition) is 0. The summed E-state index contributed by atoms with van der Waals surface area (Å²) in [5.41, 5.74) is 5.95. The van der Waals surface area contributed by atoms with Gasteiger partial charge in [0.05, 0.1) is 5.92 Å². The van der Waals surface area contributed by atoms with Crippen LogP contribution in [0.2, 0.25) is 0 Å². The summed E-state index contributed by atoms with van der Waals surface area (Å²) in [7, 11) is 0. The molecule has 1 heteroatoms. The summed E-state index contributed by atoms with van der Waals surface area (Å²) in [6.45, 7) is 0. The van der Waals surface area contributed by atoms with Gasteiger partial charge in [0.2, 0.25) is 0 Å². The maximum Gasteiger partial charge on any atom is 0.167 e. The van der Waals surface area contributed by atoms with Crippen LogP contribution in [0.15, 0.2) is 60.7 Å². The molecule has 2 aliphatic rings. The van der Waals surface area contributed by atoms with E-state index in [-0.39, 0.29) is 11.7 Å². The Morgan fingerprint density at radius 2 is 1.52 bits per heavy atom. The van der Waals surface area contributed by atoms with Gasteiger partial charge in [0.15, 0.2) is 5.78 Å². The summed E-state index contributed by atoms with van der Waals surface area (Å²) in [5, 5.41) is 2.45. The summed E-state index contributed by atoms with van der Waals surface area (Å²) >= 11 is 0. The van der Waals surface area contributed by atoms with Crippen LogP contribution in [0, 0.1) is 0 Å². The molecule has 0 heterocycles. The van der Waals surface area contributed by atoms with Crippen molar-refractivity contribution in [3.05, 3.63) is 77.4 Å². The van der Waals surface area contributed by atoms with E-state index in [1.807, 2.05) is 6.08 Å². The van der Waals surface area contributed by atoms with Gasteiger partial charge in [-0.15, -0.1) is 0 Å². The second-order valence-electron chi connectivity index (χ2n) is 5.73. The monoisotopic (exact) mass is 268 g/mol.